The van der Waals surface area contributed by atoms with Crippen molar-refractivity contribution in [1.82, 2.24) is 10.2 Å². The van der Waals surface area contributed by atoms with Gasteiger partial charge in [0.15, 0.2) is 0 Å². The lowest BCUT2D eigenvalue weighted by Crippen LogP contribution is -2.46. The summed E-state index contributed by atoms with van der Waals surface area (Å²) in [6, 6.07) is 0.440. The molecule has 1 amide bonds. The second kappa shape index (κ2) is 6.36. The molecule has 0 aliphatic carbocycles. The number of piperidine rings is 1. The minimum Gasteiger partial charge on any atom is -0.378 e. The summed E-state index contributed by atoms with van der Waals surface area (Å²) in [5.41, 5.74) is 0. The molecule has 2 saturated heterocycles. The van der Waals surface area contributed by atoms with Gasteiger partial charge >= 0.3 is 0 Å². The zero-order valence-corrected chi connectivity index (χ0v) is 10.8. The molecular formula is C13H24N2O2. The van der Waals surface area contributed by atoms with Crippen molar-refractivity contribution in [3.63, 3.8) is 0 Å². The van der Waals surface area contributed by atoms with Crippen LogP contribution in [0.25, 0.3) is 0 Å². The maximum Gasteiger partial charge on any atom is 0.225 e. The topological polar surface area (TPSA) is 41.6 Å². The lowest BCUT2D eigenvalue weighted by Gasteiger charge is -2.34. The van der Waals surface area contributed by atoms with Crippen LogP contribution in [0.5, 0.6) is 0 Å². The van der Waals surface area contributed by atoms with E-state index < -0.39 is 0 Å². The SMILES string of the molecule is CCN(C(=O)CC1CCCO1)C1CCNCC1. The van der Waals surface area contributed by atoms with Crippen LogP contribution >= 0.6 is 0 Å². The number of rotatable bonds is 4. The average molecular weight is 240 g/mol. The number of carbonyl (C=O) groups excluding carboxylic acids is 1. The van der Waals surface area contributed by atoms with Crippen LogP contribution in [0.1, 0.15) is 39.0 Å². The Labute approximate surface area is 104 Å². The number of carbonyl (C=O) groups is 1. The van der Waals surface area contributed by atoms with E-state index in [1.54, 1.807) is 0 Å². The molecule has 1 atom stereocenters. The molecule has 2 fully saturated rings. The third kappa shape index (κ3) is 3.42. The van der Waals surface area contributed by atoms with Crippen molar-refractivity contribution in [2.75, 3.05) is 26.2 Å². The predicted octanol–water partition coefficient (Wildman–Crippen LogP) is 1.16. The van der Waals surface area contributed by atoms with E-state index in [1.165, 1.54) is 0 Å². The Kier molecular flexibility index (Phi) is 4.80. The summed E-state index contributed by atoms with van der Waals surface area (Å²) in [4.78, 5) is 14.3. The number of hydrogen-bond acceptors (Lipinski definition) is 3. The highest BCUT2D eigenvalue weighted by Crippen LogP contribution is 2.19. The van der Waals surface area contributed by atoms with Crippen molar-refractivity contribution in [3.8, 4) is 0 Å². The quantitative estimate of drug-likeness (QED) is 0.801. The van der Waals surface area contributed by atoms with Crippen molar-refractivity contribution in [3.05, 3.63) is 0 Å². The molecule has 1 N–H and O–H groups in total. The van der Waals surface area contributed by atoms with Gasteiger partial charge < -0.3 is 15.0 Å². The molecule has 0 aromatic rings. The van der Waals surface area contributed by atoms with E-state index >= 15 is 0 Å². The third-order valence-electron chi connectivity index (χ3n) is 3.84. The van der Waals surface area contributed by atoms with E-state index in [4.69, 9.17) is 4.74 Å². The molecule has 0 radical (unpaired) electrons. The summed E-state index contributed by atoms with van der Waals surface area (Å²) < 4.78 is 5.55. The normalized spacial score (nSPS) is 26.1. The van der Waals surface area contributed by atoms with E-state index in [1.807, 2.05) is 0 Å². The molecule has 2 aliphatic rings. The first-order valence-electron chi connectivity index (χ1n) is 6.93. The summed E-state index contributed by atoms with van der Waals surface area (Å²) in [7, 11) is 0. The molecule has 98 valence electrons. The van der Waals surface area contributed by atoms with Gasteiger partial charge in [-0.2, -0.15) is 0 Å². The summed E-state index contributed by atoms with van der Waals surface area (Å²) >= 11 is 0. The van der Waals surface area contributed by atoms with Crippen LogP contribution in [-0.2, 0) is 9.53 Å². The van der Waals surface area contributed by atoms with E-state index in [0.29, 0.717) is 12.5 Å². The predicted molar refractivity (Wildman–Crippen MR) is 66.9 cm³/mol. The molecule has 4 nitrogen and oxygen atoms in total. The van der Waals surface area contributed by atoms with Gasteiger partial charge in [-0.25, -0.2) is 0 Å². The smallest absolute Gasteiger partial charge is 0.225 e. The Morgan fingerprint density at radius 1 is 1.35 bits per heavy atom. The van der Waals surface area contributed by atoms with Gasteiger partial charge in [-0.05, 0) is 45.7 Å². The number of nitrogens with one attached hydrogen (secondary N) is 1. The van der Waals surface area contributed by atoms with Gasteiger partial charge in [0.25, 0.3) is 0 Å². The minimum atomic E-state index is 0.179. The molecule has 0 aromatic carbocycles. The van der Waals surface area contributed by atoms with Crippen LogP contribution in [0.4, 0.5) is 0 Å². The molecule has 17 heavy (non-hydrogen) atoms. The first-order chi connectivity index (χ1) is 8.31. The van der Waals surface area contributed by atoms with Crippen LogP contribution in [0.2, 0.25) is 0 Å². The Morgan fingerprint density at radius 3 is 2.71 bits per heavy atom. The zero-order valence-electron chi connectivity index (χ0n) is 10.8. The Morgan fingerprint density at radius 2 is 2.12 bits per heavy atom. The van der Waals surface area contributed by atoms with E-state index in [0.717, 1.165) is 51.9 Å². The Hall–Kier alpha value is -0.610. The molecule has 2 rings (SSSR count). The zero-order chi connectivity index (χ0) is 12.1. The summed E-state index contributed by atoms with van der Waals surface area (Å²) in [6.45, 7) is 5.81. The minimum absolute atomic E-state index is 0.179. The Bertz CT molecular complexity index is 246. The second-order valence-electron chi connectivity index (χ2n) is 5.00. The van der Waals surface area contributed by atoms with Crippen molar-refractivity contribution in [1.29, 1.82) is 0 Å². The first kappa shape index (κ1) is 12.8. The van der Waals surface area contributed by atoms with Gasteiger partial charge in [0.2, 0.25) is 5.91 Å². The van der Waals surface area contributed by atoms with Gasteiger partial charge in [-0.15, -0.1) is 0 Å². The standard InChI is InChI=1S/C13H24N2O2/c1-2-15(11-5-7-14-8-6-11)13(16)10-12-4-3-9-17-12/h11-12,14H,2-10H2,1H3. The van der Waals surface area contributed by atoms with Gasteiger partial charge in [-0.1, -0.05) is 0 Å². The van der Waals surface area contributed by atoms with Crippen LogP contribution < -0.4 is 5.32 Å². The molecule has 2 heterocycles. The second-order valence-corrected chi connectivity index (χ2v) is 5.00. The van der Waals surface area contributed by atoms with Gasteiger partial charge in [0.1, 0.15) is 0 Å². The van der Waals surface area contributed by atoms with E-state index in [9.17, 15) is 4.79 Å². The molecular weight excluding hydrogens is 216 g/mol. The maximum atomic E-state index is 12.3. The number of hydrogen-bond donors (Lipinski definition) is 1. The molecule has 0 bridgehead atoms. The summed E-state index contributed by atoms with van der Waals surface area (Å²) in [6.07, 6.45) is 5.10. The lowest BCUT2D eigenvalue weighted by molar-refractivity contribution is -0.136. The molecule has 4 heteroatoms. The highest BCUT2D eigenvalue weighted by atomic mass is 16.5. The fourth-order valence-corrected chi connectivity index (χ4v) is 2.87. The van der Waals surface area contributed by atoms with Crippen LogP contribution in [-0.4, -0.2) is 49.2 Å². The van der Waals surface area contributed by atoms with Crippen LogP contribution in [0.3, 0.4) is 0 Å². The van der Waals surface area contributed by atoms with Gasteiger partial charge in [-0.3, -0.25) is 4.79 Å². The maximum absolute atomic E-state index is 12.3. The number of amides is 1. The number of ether oxygens (including phenoxy) is 1. The average Bonchev–Trinajstić information content (AvgIpc) is 2.84. The van der Waals surface area contributed by atoms with E-state index in [2.05, 4.69) is 17.1 Å². The molecule has 0 saturated carbocycles. The summed E-state index contributed by atoms with van der Waals surface area (Å²) in [5, 5.41) is 3.34. The fourth-order valence-electron chi connectivity index (χ4n) is 2.87. The monoisotopic (exact) mass is 240 g/mol. The Balaban J connectivity index is 1.84. The molecule has 1 unspecified atom stereocenters. The molecule has 0 aromatic heterocycles. The highest BCUT2D eigenvalue weighted by Gasteiger charge is 2.27. The van der Waals surface area contributed by atoms with Gasteiger partial charge in [0.05, 0.1) is 12.5 Å². The van der Waals surface area contributed by atoms with Crippen molar-refractivity contribution >= 4 is 5.91 Å². The third-order valence-corrected chi connectivity index (χ3v) is 3.84. The van der Waals surface area contributed by atoms with Crippen molar-refractivity contribution in [2.24, 2.45) is 0 Å². The van der Waals surface area contributed by atoms with E-state index in [-0.39, 0.29) is 12.0 Å². The first-order valence-corrected chi connectivity index (χ1v) is 6.93. The highest BCUT2D eigenvalue weighted by molar-refractivity contribution is 5.77. The molecule has 2 aliphatic heterocycles. The lowest BCUT2D eigenvalue weighted by atomic mass is 10.0. The largest absolute Gasteiger partial charge is 0.378 e. The molecule has 0 spiro atoms. The fraction of sp³-hybridized carbons (Fsp3) is 0.923. The van der Waals surface area contributed by atoms with Crippen LogP contribution in [0.15, 0.2) is 0 Å². The van der Waals surface area contributed by atoms with Crippen molar-refractivity contribution < 1.29 is 9.53 Å². The van der Waals surface area contributed by atoms with Crippen molar-refractivity contribution in [2.45, 2.75) is 51.2 Å². The van der Waals surface area contributed by atoms with Crippen LogP contribution in [0, 0.1) is 0 Å². The summed E-state index contributed by atoms with van der Waals surface area (Å²) in [5.74, 6) is 0.284. The number of nitrogens with zero attached hydrogens (tertiary/aromatic N) is 1. The van der Waals surface area contributed by atoms with Gasteiger partial charge in [0, 0.05) is 19.2 Å².